The summed E-state index contributed by atoms with van der Waals surface area (Å²) in [4.78, 5) is 8.64. The van der Waals surface area contributed by atoms with E-state index in [0.717, 1.165) is 50.7 Å². The average molecular weight is 494 g/mol. The highest BCUT2D eigenvalue weighted by Crippen LogP contribution is 2.50. The molecule has 1 saturated carbocycles. The first-order valence-electron chi connectivity index (χ1n) is 10.5. The molecule has 0 bridgehead atoms. The first-order valence-corrected chi connectivity index (χ1v) is 11.5. The van der Waals surface area contributed by atoms with E-state index in [9.17, 15) is 4.39 Å². The summed E-state index contributed by atoms with van der Waals surface area (Å²) in [6.07, 6.45) is 15.0. The van der Waals surface area contributed by atoms with Crippen LogP contribution >= 0.6 is 22.6 Å². The highest BCUT2D eigenvalue weighted by molar-refractivity contribution is 14.1. The van der Waals surface area contributed by atoms with E-state index in [0.29, 0.717) is 3.57 Å². The summed E-state index contributed by atoms with van der Waals surface area (Å²) in [5.74, 6) is -0.373. The van der Waals surface area contributed by atoms with Crippen LogP contribution in [-0.2, 0) is 16.6 Å². The number of unbranched alkanes of at least 4 members (excludes halogenated alkanes) is 1. The van der Waals surface area contributed by atoms with Crippen LogP contribution in [0.4, 0.5) is 4.39 Å². The zero-order valence-electron chi connectivity index (χ0n) is 16.3. The third kappa shape index (κ3) is 4.40. The molecule has 2 aromatic rings. The summed E-state index contributed by atoms with van der Waals surface area (Å²) >= 11 is 2.01. The van der Waals surface area contributed by atoms with Gasteiger partial charge in [-0.2, -0.15) is 4.39 Å². The molecule has 2 aromatic heterocycles. The van der Waals surface area contributed by atoms with Gasteiger partial charge in [-0.1, -0.05) is 25.3 Å². The smallest absolute Gasteiger partial charge is 0.226 e. The average Bonchev–Trinajstić information content (AvgIpc) is 3.16. The maximum Gasteiger partial charge on any atom is 0.226 e. The Morgan fingerprint density at radius 2 is 1.96 bits per heavy atom. The molecule has 1 aliphatic carbocycles. The van der Waals surface area contributed by atoms with E-state index in [1.165, 1.54) is 31.4 Å². The summed E-state index contributed by atoms with van der Waals surface area (Å²) in [6, 6.07) is 8.25. The number of hydrogen-bond acceptors (Lipinski definition) is 3. The minimum absolute atomic E-state index is 0.0762. The molecule has 1 unspecified atom stereocenters. The van der Waals surface area contributed by atoms with Gasteiger partial charge < -0.3 is 4.74 Å². The number of nitrogens with zero attached hydrogens (tertiary/aromatic N) is 2. The molecule has 4 rings (SSSR count). The van der Waals surface area contributed by atoms with Gasteiger partial charge in [0.1, 0.15) is 0 Å². The molecular formula is C23H28FIN2O. The second-order valence-electron chi connectivity index (χ2n) is 8.48. The number of pyridine rings is 2. The van der Waals surface area contributed by atoms with Crippen molar-refractivity contribution in [1.29, 1.82) is 0 Å². The van der Waals surface area contributed by atoms with Crippen molar-refractivity contribution in [2.24, 2.45) is 0 Å². The minimum Gasteiger partial charge on any atom is -0.375 e. The molecule has 1 atom stereocenters. The molecule has 28 heavy (non-hydrogen) atoms. The van der Waals surface area contributed by atoms with Gasteiger partial charge in [0.05, 0.1) is 9.17 Å². The van der Waals surface area contributed by atoms with E-state index < -0.39 is 0 Å². The fourth-order valence-electron chi connectivity index (χ4n) is 5.19. The fourth-order valence-corrected chi connectivity index (χ4v) is 5.73. The lowest BCUT2D eigenvalue weighted by Crippen LogP contribution is -2.46. The van der Waals surface area contributed by atoms with Crippen molar-refractivity contribution in [2.75, 3.05) is 6.61 Å². The van der Waals surface area contributed by atoms with Crippen molar-refractivity contribution >= 4 is 22.6 Å². The molecule has 1 spiro atoms. The SMILES string of the molecule is Fc1ncc(CCCCC2(c3ccccn3)CCOC3(CCCC3)C2)cc1I. The molecular weight excluding hydrogens is 466 g/mol. The molecule has 0 N–H and O–H groups in total. The lowest BCUT2D eigenvalue weighted by molar-refractivity contribution is -0.104. The van der Waals surface area contributed by atoms with Crippen molar-refractivity contribution in [2.45, 2.75) is 75.2 Å². The monoisotopic (exact) mass is 494 g/mol. The predicted octanol–water partition coefficient (Wildman–Crippen LogP) is 5.99. The van der Waals surface area contributed by atoms with Gasteiger partial charge >= 0.3 is 0 Å². The van der Waals surface area contributed by atoms with Gasteiger partial charge in [0.15, 0.2) is 0 Å². The van der Waals surface area contributed by atoms with Crippen molar-refractivity contribution in [3.63, 3.8) is 0 Å². The Morgan fingerprint density at radius 1 is 1.11 bits per heavy atom. The van der Waals surface area contributed by atoms with Crippen molar-refractivity contribution in [3.8, 4) is 0 Å². The maximum absolute atomic E-state index is 13.4. The van der Waals surface area contributed by atoms with Crippen LogP contribution in [0.2, 0.25) is 0 Å². The number of rotatable bonds is 6. The number of aromatic nitrogens is 2. The molecule has 3 heterocycles. The molecule has 0 aromatic carbocycles. The molecule has 2 fully saturated rings. The highest BCUT2D eigenvalue weighted by atomic mass is 127. The Morgan fingerprint density at radius 3 is 2.71 bits per heavy atom. The van der Waals surface area contributed by atoms with Crippen LogP contribution in [0.25, 0.3) is 0 Å². The number of hydrogen-bond donors (Lipinski definition) is 0. The largest absolute Gasteiger partial charge is 0.375 e. The van der Waals surface area contributed by atoms with Crippen molar-refractivity contribution in [1.82, 2.24) is 9.97 Å². The van der Waals surface area contributed by atoms with Gasteiger partial charge in [-0.05, 0) is 91.3 Å². The standard InChI is InChI=1S/C23H28FIN2O/c24-21-19(25)15-18(16-27-21)7-1-3-9-22(20-8-2-6-13-26-20)12-14-28-23(17-22)10-4-5-11-23/h2,6,8,13,15-16H,1,3-5,7,9-12,14,17H2. The third-order valence-electron chi connectivity index (χ3n) is 6.60. The van der Waals surface area contributed by atoms with E-state index in [1.54, 1.807) is 6.20 Å². The number of aryl methyl sites for hydroxylation is 1. The summed E-state index contributed by atoms with van der Waals surface area (Å²) in [5, 5.41) is 0. The van der Waals surface area contributed by atoms with Crippen LogP contribution in [0.1, 0.15) is 69.0 Å². The molecule has 150 valence electrons. The predicted molar refractivity (Wildman–Crippen MR) is 117 cm³/mol. The molecule has 2 aliphatic rings. The zero-order valence-corrected chi connectivity index (χ0v) is 18.5. The summed E-state index contributed by atoms with van der Waals surface area (Å²) in [5.41, 5.74) is 2.56. The molecule has 0 radical (unpaired) electrons. The van der Waals surface area contributed by atoms with Crippen LogP contribution in [0.5, 0.6) is 0 Å². The third-order valence-corrected chi connectivity index (χ3v) is 7.35. The van der Waals surface area contributed by atoms with E-state index in [1.807, 2.05) is 40.9 Å². The Hall–Kier alpha value is -1.08. The molecule has 5 heteroatoms. The van der Waals surface area contributed by atoms with E-state index in [-0.39, 0.29) is 17.0 Å². The first-order chi connectivity index (χ1) is 13.6. The van der Waals surface area contributed by atoms with E-state index in [4.69, 9.17) is 9.72 Å². The maximum atomic E-state index is 13.4. The Bertz CT molecular complexity index is 794. The van der Waals surface area contributed by atoms with Gasteiger partial charge in [0.2, 0.25) is 5.95 Å². The topological polar surface area (TPSA) is 35.0 Å². The van der Waals surface area contributed by atoms with E-state index >= 15 is 0 Å². The molecule has 0 amide bonds. The highest BCUT2D eigenvalue weighted by Gasteiger charge is 2.48. The lowest BCUT2D eigenvalue weighted by Gasteiger charge is -2.46. The zero-order chi connectivity index (χ0) is 19.5. The molecule has 1 aliphatic heterocycles. The normalized spacial score (nSPS) is 23.9. The van der Waals surface area contributed by atoms with Gasteiger partial charge in [-0.3, -0.25) is 4.98 Å². The fraction of sp³-hybridized carbons (Fsp3) is 0.565. The summed E-state index contributed by atoms with van der Waals surface area (Å²) in [6.45, 7) is 0.844. The Balaban J connectivity index is 1.45. The minimum atomic E-state index is -0.373. The lowest BCUT2D eigenvalue weighted by atomic mass is 9.67. The van der Waals surface area contributed by atoms with Crippen LogP contribution in [0.15, 0.2) is 36.7 Å². The van der Waals surface area contributed by atoms with Crippen LogP contribution in [0, 0.1) is 9.52 Å². The molecule has 1 saturated heterocycles. The van der Waals surface area contributed by atoms with E-state index in [2.05, 4.69) is 17.1 Å². The summed E-state index contributed by atoms with van der Waals surface area (Å²) in [7, 11) is 0. The first kappa shape index (κ1) is 20.2. The van der Waals surface area contributed by atoms with Crippen LogP contribution < -0.4 is 0 Å². The van der Waals surface area contributed by atoms with Crippen LogP contribution in [-0.4, -0.2) is 22.2 Å². The Labute approximate surface area is 180 Å². The number of ether oxygens (including phenoxy) is 1. The quantitative estimate of drug-likeness (QED) is 0.281. The van der Waals surface area contributed by atoms with Crippen LogP contribution in [0.3, 0.4) is 0 Å². The van der Waals surface area contributed by atoms with Gasteiger partial charge in [-0.25, -0.2) is 4.98 Å². The van der Waals surface area contributed by atoms with Crippen molar-refractivity contribution in [3.05, 3.63) is 57.4 Å². The van der Waals surface area contributed by atoms with Gasteiger partial charge in [-0.15, -0.1) is 0 Å². The van der Waals surface area contributed by atoms with Crippen molar-refractivity contribution < 1.29 is 9.13 Å². The second-order valence-corrected chi connectivity index (χ2v) is 9.65. The van der Waals surface area contributed by atoms with Gasteiger partial charge in [0, 0.05) is 30.1 Å². The molecule has 3 nitrogen and oxygen atoms in total. The van der Waals surface area contributed by atoms with Gasteiger partial charge in [0.25, 0.3) is 0 Å². The summed E-state index contributed by atoms with van der Waals surface area (Å²) < 4.78 is 20.3. The Kier molecular flexibility index (Phi) is 6.30. The number of halogens is 2. The second kappa shape index (κ2) is 8.74.